The third-order valence-corrected chi connectivity index (χ3v) is 6.80. The lowest BCUT2D eigenvalue weighted by atomic mass is 10.0. The number of nitrogens with zero attached hydrogens (tertiary/aromatic N) is 2. The van der Waals surface area contributed by atoms with Crippen LogP contribution in [0.3, 0.4) is 0 Å². The maximum Gasteiger partial charge on any atom is 0.0930 e. The number of hydrogen-bond acceptors (Lipinski definition) is 2. The summed E-state index contributed by atoms with van der Waals surface area (Å²) in [5, 5.41) is 9.03. The molecule has 0 saturated heterocycles. The van der Waals surface area contributed by atoms with Gasteiger partial charge in [0.15, 0.2) is 0 Å². The van der Waals surface area contributed by atoms with Crippen LogP contribution in [0.1, 0.15) is 102 Å². The molecule has 0 unspecified atom stereocenters. The lowest BCUT2D eigenvalue weighted by Gasteiger charge is -2.06. The van der Waals surface area contributed by atoms with E-state index >= 15 is 0 Å². The Morgan fingerprint density at radius 1 is 0.412 bits per heavy atom. The van der Waals surface area contributed by atoms with E-state index in [-0.39, 0.29) is 0 Å². The van der Waals surface area contributed by atoms with Crippen molar-refractivity contribution >= 4 is 0 Å². The number of rotatable bonds is 16. The normalized spacial score (nSPS) is 11.1. The third-order valence-electron chi connectivity index (χ3n) is 6.80. The van der Waals surface area contributed by atoms with Gasteiger partial charge in [-0.2, -0.15) is 0 Å². The SMILES string of the molecule is CCCCCCCCc1ccc(-c2ccc(-c3ccc(CCCCCCCC)cc3)nn2)cc1. The average molecular weight is 457 g/mol. The van der Waals surface area contributed by atoms with Gasteiger partial charge in [-0.1, -0.05) is 127 Å². The van der Waals surface area contributed by atoms with Crippen molar-refractivity contribution in [2.75, 3.05) is 0 Å². The van der Waals surface area contributed by atoms with Crippen molar-refractivity contribution in [1.82, 2.24) is 10.2 Å². The van der Waals surface area contributed by atoms with Gasteiger partial charge in [-0.25, -0.2) is 0 Å². The molecule has 182 valence electrons. The van der Waals surface area contributed by atoms with Gasteiger partial charge < -0.3 is 0 Å². The Labute approximate surface area is 208 Å². The molecular weight excluding hydrogens is 412 g/mol. The van der Waals surface area contributed by atoms with Gasteiger partial charge in [0.2, 0.25) is 0 Å². The molecule has 0 fully saturated rings. The van der Waals surface area contributed by atoms with E-state index in [1.165, 1.54) is 101 Å². The standard InChI is InChI=1S/C32H44N2/c1-3-5-7-9-11-13-15-27-17-21-29(22-18-27)31-25-26-32(34-33-31)30-23-19-28(20-24-30)16-14-12-10-8-6-4-2/h17-26H,3-16H2,1-2H3. The summed E-state index contributed by atoms with van der Waals surface area (Å²) in [6.07, 6.45) is 18.5. The maximum atomic E-state index is 4.52. The molecule has 1 aromatic heterocycles. The minimum absolute atomic E-state index is 0.939. The van der Waals surface area contributed by atoms with Crippen LogP contribution < -0.4 is 0 Å². The van der Waals surface area contributed by atoms with E-state index in [9.17, 15) is 0 Å². The van der Waals surface area contributed by atoms with Gasteiger partial charge in [-0.15, -0.1) is 10.2 Å². The summed E-state index contributed by atoms with van der Waals surface area (Å²) < 4.78 is 0. The number of hydrogen-bond donors (Lipinski definition) is 0. The predicted molar refractivity (Wildman–Crippen MR) is 147 cm³/mol. The van der Waals surface area contributed by atoms with Crippen molar-refractivity contribution in [2.24, 2.45) is 0 Å². The first kappa shape index (κ1) is 26.1. The van der Waals surface area contributed by atoms with Crippen molar-refractivity contribution in [2.45, 2.75) is 104 Å². The van der Waals surface area contributed by atoms with Crippen LogP contribution in [0.4, 0.5) is 0 Å². The highest BCUT2D eigenvalue weighted by Gasteiger charge is 2.05. The second-order valence-corrected chi connectivity index (χ2v) is 9.73. The molecule has 0 spiro atoms. The fourth-order valence-electron chi connectivity index (χ4n) is 4.54. The first-order valence-electron chi connectivity index (χ1n) is 13.8. The number of benzene rings is 2. The Morgan fingerprint density at radius 3 is 1.12 bits per heavy atom. The summed E-state index contributed by atoms with van der Waals surface area (Å²) >= 11 is 0. The summed E-state index contributed by atoms with van der Waals surface area (Å²) in [5.74, 6) is 0. The molecule has 3 rings (SSSR count). The van der Waals surface area contributed by atoms with Crippen LogP contribution in [-0.2, 0) is 12.8 Å². The van der Waals surface area contributed by atoms with Gasteiger partial charge in [-0.05, 0) is 48.9 Å². The molecule has 1 heterocycles. The van der Waals surface area contributed by atoms with Crippen molar-refractivity contribution in [3.63, 3.8) is 0 Å². The summed E-state index contributed by atoms with van der Waals surface area (Å²) in [6.45, 7) is 4.54. The first-order chi connectivity index (χ1) is 16.8. The highest BCUT2D eigenvalue weighted by atomic mass is 15.1. The fourth-order valence-corrected chi connectivity index (χ4v) is 4.54. The van der Waals surface area contributed by atoms with Gasteiger partial charge >= 0.3 is 0 Å². The number of unbranched alkanes of at least 4 members (excludes halogenated alkanes) is 10. The minimum Gasteiger partial charge on any atom is -0.150 e. The highest BCUT2D eigenvalue weighted by molar-refractivity contribution is 5.64. The smallest absolute Gasteiger partial charge is 0.0930 e. The number of aromatic nitrogens is 2. The second-order valence-electron chi connectivity index (χ2n) is 9.73. The molecule has 0 bridgehead atoms. The molecule has 0 saturated carbocycles. The van der Waals surface area contributed by atoms with Gasteiger partial charge in [0.05, 0.1) is 11.4 Å². The zero-order valence-corrected chi connectivity index (χ0v) is 21.6. The van der Waals surface area contributed by atoms with Crippen LogP contribution >= 0.6 is 0 Å². The topological polar surface area (TPSA) is 25.8 Å². The van der Waals surface area contributed by atoms with Crippen LogP contribution in [0.5, 0.6) is 0 Å². The monoisotopic (exact) mass is 456 g/mol. The van der Waals surface area contributed by atoms with E-state index in [0.717, 1.165) is 22.5 Å². The Hall–Kier alpha value is -2.48. The second kappa shape index (κ2) is 15.4. The average Bonchev–Trinajstić information content (AvgIpc) is 2.89. The first-order valence-corrected chi connectivity index (χ1v) is 13.8. The summed E-state index contributed by atoms with van der Waals surface area (Å²) in [5.41, 5.74) is 7.00. The fraction of sp³-hybridized carbons (Fsp3) is 0.500. The Bertz CT molecular complexity index is 832. The van der Waals surface area contributed by atoms with E-state index in [4.69, 9.17) is 0 Å². The van der Waals surface area contributed by atoms with Gasteiger partial charge in [0.1, 0.15) is 0 Å². The van der Waals surface area contributed by atoms with Crippen molar-refractivity contribution in [3.8, 4) is 22.5 Å². The lowest BCUT2D eigenvalue weighted by molar-refractivity contribution is 0.607. The van der Waals surface area contributed by atoms with Gasteiger partial charge in [0.25, 0.3) is 0 Å². The van der Waals surface area contributed by atoms with E-state index in [2.05, 4.69) is 84.7 Å². The molecule has 2 aromatic carbocycles. The molecule has 0 atom stereocenters. The van der Waals surface area contributed by atoms with Crippen LogP contribution in [0.25, 0.3) is 22.5 Å². The molecule has 34 heavy (non-hydrogen) atoms. The van der Waals surface area contributed by atoms with Crippen molar-refractivity contribution in [1.29, 1.82) is 0 Å². The molecule has 2 nitrogen and oxygen atoms in total. The van der Waals surface area contributed by atoms with Gasteiger partial charge in [0, 0.05) is 11.1 Å². The Morgan fingerprint density at radius 2 is 0.765 bits per heavy atom. The minimum atomic E-state index is 0.939. The van der Waals surface area contributed by atoms with Crippen LogP contribution in [-0.4, -0.2) is 10.2 Å². The molecule has 0 radical (unpaired) electrons. The molecule has 0 aliphatic carbocycles. The van der Waals surface area contributed by atoms with E-state index in [1.807, 2.05) is 0 Å². The summed E-state index contributed by atoms with van der Waals surface area (Å²) in [7, 11) is 0. The van der Waals surface area contributed by atoms with E-state index < -0.39 is 0 Å². The Balaban J connectivity index is 1.46. The molecule has 0 aliphatic rings. The van der Waals surface area contributed by atoms with Crippen molar-refractivity contribution in [3.05, 3.63) is 71.8 Å². The van der Waals surface area contributed by atoms with E-state index in [1.54, 1.807) is 0 Å². The van der Waals surface area contributed by atoms with Crippen molar-refractivity contribution < 1.29 is 0 Å². The molecule has 3 aromatic rings. The quantitative estimate of drug-likeness (QED) is 0.200. The molecule has 0 amide bonds. The van der Waals surface area contributed by atoms with Gasteiger partial charge in [-0.3, -0.25) is 0 Å². The Kier molecular flexibility index (Phi) is 11.9. The van der Waals surface area contributed by atoms with Crippen LogP contribution in [0.15, 0.2) is 60.7 Å². The maximum absolute atomic E-state index is 4.52. The van der Waals surface area contributed by atoms with Crippen LogP contribution in [0.2, 0.25) is 0 Å². The molecule has 0 N–H and O–H groups in total. The van der Waals surface area contributed by atoms with E-state index in [0.29, 0.717) is 0 Å². The third kappa shape index (κ3) is 9.05. The summed E-state index contributed by atoms with van der Waals surface area (Å²) in [6, 6.07) is 21.9. The molecule has 2 heteroatoms. The zero-order chi connectivity index (χ0) is 23.8. The largest absolute Gasteiger partial charge is 0.150 e. The highest BCUT2D eigenvalue weighted by Crippen LogP contribution is 2.22. The number of aryl methyl sites for hydroxylation is 2. The summed E-state index contributed by atoms with van der Waals surface area (Å²) in [4.78, 5) is 0. The lowest BCUT2D eigenvalue weighted by Crippen LogP contribution is -1.92. The van der Waals surface area contributed by atoms with Crippen LogP contribution in [0, 0.1) is 0 Å². The molecule has 0 aliphatic heterocycles. The predicted octanol–water partition coefficient (Wildman–Crippen LogP) is 9.62. The zero-order valence-electron chi connectivity index (χ0n) is 21.6. The molecular formula is C32H44N2.